The molecule has 0 aromatic carbocycles. The van der Waals surface area contributed by atoms with Gasteiger partial charge in [0.2, 0.25) is 0 Å². The highest BCUT2D eigenvalue weighted by molar-refractivity contribution is 14.0. The Labute approximate surface area is 163 Å². The molecule has 0 bridgehead atoms. The zero-order chi connectivity index (χ0) is 16.5. The second kappa shape index (κ2) is 11.7. The van der Waals surface area contributed by atoms with Crippen molar-refractivity contribution in [1.29, 1.82) is 0 Å². The highest BCUT2D eigenvalue weighted by atomic mass is 127. The van der Waals surface area contributed by atoms with Gasteiger partial charge in [-0.15, -0.1) is 24.0 Å². The molecule has 1 atom stereocenters. The van der Waals surface area contributed by atoms with E-state index in [0.717, 1.165) is 45.0 Å². The molecule has 0 spiro atoms. The first kappa shape index (κ1) is 21.2. The van der Waals surface area contributed by atoms with E-state index >= 15 is 0 Å². The van der Waals surface area contributed by atoms with Crippen LogP contribution in [0.3, 0.4) is 0 Å². The summed E-state index contributed by atoms with van der Waals surface area (Å²) in [6.07, 6.45) is 8.74. The molecule has 2 heterocycles. The number of hydrogen-bond donors (Lipinski definition) is 2. The summed E-state index contributed by atoms with van der Waals surface area (Å²) < 4.78 is 1.86. The summed E-state index contributed by atoms with van der Waals surface area (Å²) >= 11 is 0. The van der Waals surface area contributed by atoms with Crippen LogP contribution >= 0.6 is 24.0 Å². The number of likely N-dealkylation sites (tertiary alicyclic amines) is 1. The third-order valence-electron chi connectivity index (χ3n) is 4.40. The number of nitrogens with zero attached hydrogens (tertiary/aromatic N) is 4. The van der Waals surface area contributed by atoms with Crippen LogP contribution < -0.4 is 10.6 Å². The maximum Gasteiger partial charge on any atom is 0.191 e. The van der Waals surface area contributed by atoms with Gasteiger partial charge in [0, 0.05) is 32.4 Å². The second-order valence-electron chi connectivity index (χ2n) is 6.20. The number of likely N-dealkylation sites (N-methyl/N-ethyl adjacent to an activating group) is 1. The first-order valence-electron chi connectivity index (χ1n) is 8.96. The minimum absolute atomic E-state index is 0. The highest BCUT2D eigenvalue weighted by Gasteiger charge is 2.22. The molecule has 138 valence electrons. The summed E-state index contributed by atoms with van der Waals surface area (Å²) in [5, 5.41) is 11.0. The molecular weight excluding hydrogens is 415 g/mol. The molecule has 0 radical (unpaired) electrons. The summed E-state index contributed by atoms with van der Waals surface area (Å²) in [7, 11) is 1.96. The lowest BCUT2D eigenvalue weighted by atomic mass is 10.2. The smallest absolute Gasteiger partial charge is 0.191 e. The van der Waals surface area contributed by atoms with Crippen molar-refractivity contribution in [3.8, 4) is 0 Å². The van der Waals surface area contributed by atoms with E-state index in [4.69, 9.17) is 4.99 Å². The fraction of sp³-hybridized carbons (Fsp3) is 0.765. The molecule has 1 aliphatic heterocycles. The van der Waals surface area contributed by atoms with Crippen LogP contribution in [0.5, 0.6) is 0 Å². The lowest BCUT2D eigenvalue weighted by molar-refractivity contribution is 0.273. The second-order valence-corrected chi connectivity index (χ2v) is 6.20. The van der Waals surface area contributed by atoms with Crippen molar-refractivity contribution in [1.82, 2.24) is 25.3 Å². The lowest BCUT2D eigenvalue weighted by Gasteiger charge is -2.21. The van der Waals surface area contributed by atoms with Gasteiger partial charge in [-0.3, -0.25) is 14.6 Å². The Kier molecular flexibility index (Phi) is 10.3. The Balaban J connectivity index is 0.00000288. The van der Waals surface area contributed by atoms with Crippen molar-refractivity contribution in [2.24, 2.45) is 12.0 Å². The first-order valence-corrected chi connectivity index (χ1v) is 8.96. The molecule has 6 nitrogen and oxygen atoms in total. The summed E-state index contributed by atoms with van der Waals surface area (Å²) in [6, 6.07) is 0.617. The predicted octanol–water partition coefficient (Wildman–Crippen LogP) is 2.01. The maximum atomic E-state index is 4.78. The molecule has 2 rings (SSSR count). The molecular formula is C17H33IN6. The molecule has 1 aromatic heterocycles. The van der Waals surface area contributed by atoms with Gasteiger partial charge in [-0.2, -0.15) is 5.10 Å². The largest absolute Gasteiger partial charge is 0.357 e. The topological polar surface area (TPSA) is 57.5 Å². The third kappa shape index (κ3) is 6.96. The minimum atomic E-state index is 0. The average molecular weight is 448 g/mol. The molecule has 1 aromatic rings. The van der Waals surface area contributed by atoms with Crippen molar-refractivity contribution in [2.75, 3.05) is 32.7 Å². The van der Waals surface area contributed by atoms with Crippen LogP contribution in [0.25, 0.3) is 0 Å². The van der Waals surface area contributed by atoms with Gasteiger partial charge >= 0.3 is 0 Å². The average Bonchev–Trinajstić information content (AvgIpc) is 3.17. The van der Waals surface area contributed by atoms with Gasteiger partial charge in [0.25, 0.3) is 0 Å². The van der Waals surface area contributed by atoms with E-state index < -0.39 is 0 Å². The standard InChI is InChI=1S/C17H32N6.HI/c1-4-18-17(20-13-16-9-7-11-23(16)5-2)19-10-6-8-15-12-21-22(3)14-15;/h12,14,16H,4-11,13H2,1-3H3,(H2,18,19,20);1H. The van der Waals surface area contributed by atoms with E-state index in [1.54, 1.807) is 0 Å². The number of aliphatic imine (C=N–C) groups is 1. The first-order chi connectivity index (χ1) is 11.2. The van der Waals surface area contributed by atoms with Crippen molar-refractivity contribution < 1.29 is 0 Å². The number of nitrogens with one attached hydrogen (secondary N) is 2. The van der Waals surface area contributed by atoms with Crippen LogP contribution in [0.15, 0.2) is 17.4 Å². The summed E-state index contributed by atoms with van der Waals surface area (Å²) in [4.78, 5) is 7.32. The predicted molar refractivity (Wildman–Crippen MR) is 111 cm³/mol. The van der Waals surface area contributed by atoms with Crippen LogP contribution in [0.4, 0.5) is 0 Å². The van der Waals surface area contributed by atoms with Crippen LogP contribution in [-0.4, -0.2) is 59.4 Å². The number of guanidine groups is 1. The molecule has 0 amide bonds. The van der Waals surface area contributed by atoms with E-state index in [1.807, 2.05) is 17.9 Å². The van der Waals surface area contributed by atoms with E-state index in [1.165, 1.54) is 24.9 Å². The van der Waals surface area contributed by atoms with Gasteiger partial charge < -0.3 is 10.6 Å². The summed E-state index contributed by atoms with van der Waals surface area (Å²) in [5.74, 6) is 0.946. The van der Waals surface area contributed by atoms with Gasteiger partial charge in [0.1, 0.15) is 0 Å². The summed E-state index contributed by atoms with van der Waals surface area (Å²) in [5.41, 5.74) is 1.29. The molecule has 0 saturated carbocycles. The van der Waals surface area contributed by atoms with Crippen LogP contribution in [0, 0.1) is 0 Å². The highest BCUT2D eigenvalue weighted by Crippen LogP contribution is 2.16. The molecule has 1 unspecified atom stereocenters. The van der Waals surface area contributed by atoms with Gasteiger partial charge in [0.05, 0.1) is 12.7 Å². The quantitative estimate of drug-likeness (QED) is 0.277. The number of aryl methyl sites for hydroxylation is 2. The van der Waals surface area contributed by atoms with Gasteiger partial charge in [0.15, 0.2) is 5.96 Å². The molecule has 1 saturated heterocycles. The fourth-order valence-corrected chi connectivity index (χ4v) is 3.16. The molecule has 0 aliphatic carbocycles. The Morgan fingerprint density at radius 3 is 2.88 bits per heavy atom. The number of rotatable bonds is 8. The SMILES string of the molecule is CCNC(=NCC1CCCN1CC)NCCCc1cnn(C)c1.I. The van der Waals surface area contributed by atoms with Crippen molar-refractivity contribution >= 4 is 29.9 Å². The van der Waals surface area contributed by atoms with Crippen LogP contribution in [-0.2, 0) is 13.5 Å². The third-order valence-corrected chi connectivity index (χ3v) is 4.40. The van der Waals surface area contributed by atoms with E-state index in [0.29, 0.717) is 6.04 Å². The Morgan fingerprint density at radius 1 is 1.38 bits per heavy atom. The monoisotopic (exact) mass is 448 g/mol. The molecule has 7 heteroatoms. The van der Waals surface area contributed by atoms with Crippen molar-refractivity contribution in [3.05, 3.63) is 18.0 Å². The van der Waals surface area contributed by atoms with E-state index in [-0.39, 0.29) is 24.0 Å². The molecule has 24 heavy (non-hydrogen) atoms. The Bertz CT molecular complexity index is 487. The van der Waals surface area contributed by atoms with Crippen molar-refractivity contribution in [3.63, 3.8) is 0 Å². The van der Waals surface area contributed by atoms with Crippen LogP contribution in [0.2, 0.25) is 0 Å². The van der Waals surface area contributed by atoms with E-state index in [9.17, 15) is 0 Å². The molecule has 2 N–H and O–H groups in total. The van der Waals surface area contributed by atoms with Crippen LogP contribution in [0.1, 0.15) is 38.7 Å². The molecule has 1 aliphatic rings. The molecule has 1 fully saturated rings. The van der Waals surface area contributed by atoms with Gasteiger partial charge in [-0.25, -0.2) is 0 Å². The number of hydrogen-bond acceptors (Lipinski definition) is 3. The minimum Gasteiger partial charge on any atom is -0.357 e. The number of halogens is 1. The van der Waals surface area contributed by atoms with E-state index in [2.05, 4.69) is 40.7 Å². The van der Waals surface area contributed by atoms with Crippen molar-refractivity contribution in [2.45, 2.75) is 45.6 Å². The summed E-state index contributed by atoms with van der Waals surface area (Å²) in [6.45, 7) is 9.44. The fourth-order valence-electron chi connectivity index (χ4n) is 3.16. The van der Waals surface area contributed by atoms with Gasteiger partial charge in [-0.1, -0.05) is 6.92 Å². The maximum absolute atomic E-state index is 4.78. The zero-order valence-electron chi connectivity index (χ0n) is 15.3. The normalized spacial score (nSPS) is 18.5. The zero-order valence-corrected chi connectivity index (χ0v) is 17.6. The van der Waals surface area contributed by atoms with Gasteiger partial charge in [-0.05, 0) is 51.3 Å². The number of aromatic nitrogens is 2. The Morgan fingerprint density at radius 2 is 2.21 bits per heavy atom. The lowest BCUT2D eigenvalue weighted by Crippen LogP contribution is -2.39. The Hall–Kier alpha value is -0.830.